The van der Waals surface area contributed by atoms with Crippen LogP contribution in [0, 0.1) is 0 Å². The maximum absolute atomic E-state index is 11.8. The van der Waals surface area contributed by atoms with E-state index >= 15 is 0 Å². The number of carbonyl (C=O) groups is 2. The molecular weight excluding hydrogens is 242 g/mol. The highest BCUT2D eigenvalue weighted by atomic mass is 35.5. The number of rotatable bonds is 1. The fourth-order valence-corrected chi connectivity index (χ4v) is 1.75. The number of carbonyl (C=O) groups excluding carboxylic acids is 2. The van der Waals surface area contributed by atoms with Gasteiger partial charge in [-0.1, -0.05) is 0 Å². The van der Waals surface area contributed by atoms with Gasteiger partial charge in [-0.3, -0.25) is 15.0 Å². The molecule has 1 aliphatic heterocycles. The first-order valence-electron chi connectivity index (χ1n) is 5.69. The molecule has 0 aromatic heterocycles. The zero-order valence-corrected chi connectivity index (χ0v) is 11.5. The van der Waals surface area contributed by atoms with Crippen LogP contribution in [0.4, 0.5) is 4.79 Å². The standard InChI is InChI=1S/C11H20ClN3O2/c1-8(12)9(16)13-10(17)15-6-5-14(4)11(2,3)7-15/h8H,5-7H2,1-4H3,(H,13,16,17). The summed E-state index contributed by atoms with van der Waals surface area (Å²) in [6.45, 7) is 7.69. The van der Waals surface area contributed by atoms with Crippen LogP contribution in [0.15, 0.2) is 0 Å². The Morgan fingerprint density at radius 1 is 1.35 bits per heavy atom. The van der Waals surface area contributed by atoms with Gasteiger partial charge in [-0.15, -0.1) is 11.6 Å². The summed E-state index contributed by atoms with van der Waals surface area (Å²) in [6.07, 6.45) is 0. The Labute approximate surface area is 107 Å². The molecule has 1 saturated heterocycles. The van der Waals surface area contributed by atoms with Gasteiger partial charge in [0.25, 0.3) is 0 Å². The van der Waals surface area contributed by atoms with Crippen LogP contribution >= 0.6 is 11.6 Å². The molecule has 0 saturated carbocycles. The van der Waals surface area contributed by atoms with Gasteiger partial charge in [0.15, 0.2) is 0 Å². The van der Waals surface area contributed by atoms with E-state index in [4.69, 9.17) is 11.6 Å². The summed E-state index contributed by atoms with van der Waals surface area (Å²) < 4.78 is 0. The Kier molecular flexibility index (Phi) is 4.38. The van der Waals surface area contributed by atoms with Crippen molar-refractivity contribution in [2.45, 2.75) is 31.7 Å². The van der Waals surface area contributed by atoms with Crippen LogP contribution in [-0.4, -0.2) is 59.3 Å². The minimum Gasteiger partial charge on any atom is -0.321 e. The molecule has 1 heterocycles. The minimum absolute atomic E-state index is 0.0782. The molecule has 1 aliphatic rings. The van der Waals surface area contributed by atoms with Crippen molar-refractivity contribution >= 4 is 23.5 Å². The Balaban J connectivity index is 2.57. The number of amides is 3. The van der Waals surface area contributed by atoms with E-state index in [1.165, 1.54) is 6.92 Å². The highest BCUT2D eigenvalue weighted by molar-refractivity contribution is 6.31. The molecular formula is C11H20ClN3O2. The van der Waals surface area contributed by atoms with Crippen molar-refractivity contribution in [3.05, 3.63) is 0 Å². The van der Waals surface area contributed by atoms with Gasteiger partial charge in [-0.2, -0.15) is 0 Å². The van der Waals surface area contributed by atoms with E-state index in [0.717, 1.165) is 6.54 Å². The monoisotopic (exact) mass is 261 g/mol. The molecule has 0 radical (unpaired) electrons. The quantitative estimate of drug-likeness (QED) is 0.713. The lowest BCUT2D eigenvalue weighted by Gasteiger charge is -2.45. The largest absolute Gasteiger partial charge is 0.324 e. The minimum atomic E-state index is -0.695. The predicted octanol–water partition coefficient (Wildman–Crippen LogP) is 0.876. The number of hydrogen-bond acceptors (Lipinski definition) is 3. The third-order valence-electron chi connectivity index (χ3n) is 3.20. The Morgan fingerprint density at radius 2 is 1.94 bits per heavy atom. The number of hydrogen-bond donors (Lipinski definition) is 1. The van der Waals surface area contributed by atoms with Gasteiger partial charge in [-0.05, 0) is 27.8 Å². The topological polar surface area (TPSA) is 52.7 Å². The lowest BCUT2D eigenvalue weighted by atomic mass is 10.0. The zero-order valence-electron chi connectivity index (χ0n) is 10.8. The summed E-state index contributed by atoms with van der Waals surface area (Å²) in [6, 6.07) is -0.358. The second-order valence-corrected chi connectivity index (χ2v) is 5.72. The number of piperazine rings is 1. The van der Waals surface area contributed by atoms with Crippen LogP contribution in [0.5, 0.6) is 0 Å². The van der Waals surface area contributed by atoms with E-state index in [-0.39, 0.29) is 11.6 Å². The number of nitrogens with one attached hydrogen (secondary N) is 1. The molecule has 0 aliphatic carbocycles. The molecule has 5 nitrogen and oxygen atoms in total. The van der Waals surface area contributed by atoms with E-state index < -0.39 is 11.3 Å². The smallest absolute Gasteiger partial charge is 0.321 e. The van der Waals surface area contributed by atoms with Gasteiger partial charge >= 0.3 is 6.03 Å². The molecule has 0 aromatic carbocycles. The second kappa shape index (κ2) is 5.23. The number of likely N-dealkylation sites (N-methyl/N-ethyl adjacent to an activating group) is 1. The van der Waals surface area contributed by atoms with Crippen LogP contribution in [0.2, 0.25) is 0 Å². The maximum atomic E-state index is 11.8. The van der Waals surface area contributed by atoms with Crippen LogP contribution in [0.25, 0.3) is 0 Å². The average molecular weight is 262 g/mol. The van der Waals surface area contributed by atoms with Crippen molar-refractivity contribution in [3.63, 3.8) is 0 Å². The Bertz CT molecular complexity index is 318. The van der Waals surface area contributed by atoms with Crippen molar-refractivity contribution in [2.75, 3.05) is 26.7 Å². The molecule has 6 heteroatoms. The SMILES string of the molecule is CC(Cl)C(=O)NC(=O)N1CCN(C)C(C)(C)C1. The molecule has 1 atom stereocenters. The Morgan fingerprint density at radius 3 is 2.41 bits per heavy atom. The summed E-state index contributed by atoms with van der Waals surface area (Å²) in [5.41, 5.74) is -0.0782. The molecule has 0 aromatic rings. The normalized spacial score (nSPS) is 22.1. The third-order valence-corrected chi connectivity index (χ3v) is 3.39. The summed E-state index contributed by atoms with van der Waals surface area (Å²) in [4.78, 5) is 27.0. The molecule has 17 heavy (non-hydrogen) atoms. The lowest BCUT2D eigenvalue weighted by Crippen LogP contribution is -2.61. The summed E-state index contributed by atoms with van der Waals surface area (Å²) in [5, 5.41) is 1.60. The number of imide groups is 1. The van der Waals surface area contributed by atoms with Crippen LogP contribution in [-0.2, 0) is 4.79 Å². The highest BCUT2D eigenvalue weighted by Crippen LogP contribution is 2.18. The first-order chi connectivity index (χ1) is 7.74. The Hall–Kier alpha value is -0.810. The van der Waals surface area contributed by atoms with Crippen molar-refractivity contribution < 1.29 is 9.59 Å². The van der Waals surface area contributed by atoms with Gasteiger partial charge in [-0.25, -0.2) is 4.79 Å². The number of nitrogens with zero attached hydrogens (tertiary/aromatic N) is 2. The van der Waals surface area contributed by atoms with Crippen LogP contribution in [0.3, 0.4) is 0 Å². The number of urea groups is 1. The third kappa shape index (κ3) is 3.57. The van der Waals surface area contributed by atoms with E-state index in [1.807, 2.05) is 7.05 Å². The number of halogens is 1. The van der Waals surface area contributed by atoms with Crippen LogP contribution < -0.4 is 5.32 Å². The van der Waals surface area contributed by atoms with Gasteiger partial charge in [0, 0.05) is 25.2 Å². The summed E-state index contributed by atoms with van der Waals surface area (Å²) in [7, 11) is 2.03. The van der Waals surface area contributed by atoms with Gasteiger partial charge in [0.1, 0.15) is 5.38 Å². The first-order valence-corrected chi connectivity index (χ1v) is 6.13. The molecule has 0 bridgehead atoms. The first kappa shape index (κ1) is 14.3. The molecule has 98 valence electrons. The zero-order chi connectivity index (χ0) is 13.2. The van der Waals surface area contributed by atoms with Crippen molar-refractivity contribution in [3.8, 4) is 0 Å². The lowest BCUT2D eigenvalue weighted by molar-refractivity contribution is -0.119. The van der Waals surface area contributed by atoms with E-state index in [0.29, 0.717) is 13.1 Å². The predicted molar refractivity (Wildman–Crippen MR) is 67.1 cm³/mol. The fourth-order valence-electron chi connectivity index (χ4n) is 1.70. The molecule has 0 spiro atoms. The van der Waals surface area contributed by atoms with Gasteiger partial charge in [0.05, 0.1) is 0 Å². The molecule has 3 amide bonds. The van der Waals surface area contributed by atoms with Gasteiger partial charge < -0.3 is 4.90 Å². The van der Waals surface area contributed by atoms with E-state index in [2.05, 4.69) is 24.1 Å². The second-order valence-electron chi connectivity index (χ2n) is 5.07. The maximum Gasteiger partial charge on any atom is 0.324 e. The summed E-state index contributed by atoms with van der Waals surface area (Å²) in [5.74, 6) is -0.451. The molecule has 1 unspecified atom stereocenters. The molecule has 1 rings (SSSR count). The average Bonchev–Trinajstić information content (AvgIpc) is 2.21. The van der Waals surface area contributed by atoms with Crippen LogP contribution in [0.1, 0.15) is 20.8 Å². The van der Waals surface area contributed by atoms with E-state index in [1.54, 1.807) is 4.90 Å². The fraction of sp³-hybridized carbons (Fsp3) is 0.818. The highest BCUT2D eigenvalue weighted by Gasteiger charge is 2.33. The number of alkyl halides is 1. The van der Waals surface area contributed by atoms with Gasteiger partial charge in [0.2, 0.25) is 5.91 Å². The van der Waals surface area contributed by atoms with E-state index in [9.17, 15) is 9.59 Å². The van der Waals surface area contributed by atoms with Crippen molar-refractivity contribution in [1.82, 2.24) is 15.1 Å². The molecule has 1 N–H and O–H groups in total. The molecule has 1 fully saturated rings. The summed E-state index contributed by atoms with van der Waals surface area (Å²) >= 11 is 5.60. The van der Waals surface area contributed by atoms with Crippen molar-refractivity contribution in [2.24, 2.45) is 0 Å². The van der Waals surface area contributed by atoms with Crippen molar-refractivity contribution in [1.29, 1.82) is 0 Å².